The van der Waals surface area contributed by atoms with Crippen LogP contribution in [0.5, 0.6) is 0 Å². The van der Waals surface area contributed by atoms with Crippen molar-refractivity contribution in [2.24, 2.45) is 0 Å². The minimum atomic E-state index is -0.260. The molecule has 1 aliphatic heterocycles. The molecule has 1 aliphatic rings. The third kappa shape index (κ3) is 2.13. The number of rotatable bonds is 2. The summed E-state index contributed by atoms with van der Waals surface area (Å²) in [4.78, 5) is 28.3. The first-order valence-electron chi connectivity index (χ1n) is 6.67. The zero-order valence-electron chi connectivity index (χ0n) is 11.2. The molecule has 0 spiro atoms. The topological polar surface area (TPSA) is 81.8 Å². The molecule has 1 amide bonds. The lowest BCUT2D eigenvalue weighted by Gasteiger charge is -2.24. The van der Waals surface area contributed by atoms with Gasteiger partial charge in [0, 0.05) is 12.6 Å². The first-order chi connectivity index (χ1) is 9.66. The molecule has 1 unspecified atom stereocenters. The minimum absolute atomic E-state index is 0.00806. The number of likely N-dealkylation sites (tertiary alicyclic amines) is 1. The molecule has 6 heteroatoms. The van der Waals surface area contributed by atoms with E-state index in [1.807, 2.05) is 6.92 Å². The number of aromatic nitrogens is 3. The number of pyridine rings is 1. The molecule has 20 heavy (non-hydrogen) atoms. The van der Waals surface area contributed by atoms with Gasteiger partial charge in [0.1, 0.15) is 5.69 Å². The number of nitrogens with zero attached hydrogens (tertiary/aromatic N) is 2. The quantitative estimate of drug-likeness (QED) is 0.866. The Morgan fingerprint density at radius 1 is 1.45 bits per heavy atom. The number of H-pyrrole nitrogens is 2. The summed E-state index contributed by atoms with van der Waals surface area (Å²) in [6.07, 6.45) is 3.62. The summed E-state index contributed by atoms with van der Waals surface area (Å²) in [5.41, 5.74) is 2.11. The van der Waals surface area contributed by atoms with Crippen LogP contribution in [-0.2, 0) is 0 Å². The van der Waals surface area contributed by atoms with Crippen molar-refractivity contribution in [1.29, 1.82) is 0 Å². The van der Waals surface area contributed by atoms with E-state index in [-0.39, 0.29) is 17.5 Å². The summed E-state index contributed by atoms with van der Waals surface area (Å²) in [5, 5.41) is 7.01. The van der Waals surface area contributed by atoms with Crippen LogP contribution in [0.3, 0.4) is 0 Å². The summed E-state index contributed by atoms with van der Waals surface area (Å²) in [7, 11) is 0. The van der Waals surface area contributed by atoms with E-state index in [1.165, 1.54) is 6.07 Å². The van der Waals surface area contributed by atoms with E-state index < -0.39 is 0 Å². The molecule has 0 aromatic carbocycles. The minimum Gasteiger partial charge on any atom is -0.329 e. The number of carbonyl (C=O) groups excluding carboxylic acids is 1. The van der Waals surface area contributed by atoms with Crippen molar-refractivity contribution in [3.8, 4) is 0 Å². The highest BCUT2D eigenvalue weighted by atomic mass is 16.2. The van der Waals surface area contributed by atoms with Crippen LogP contribution in [0.25, 0.3) is 0 Å². The number of nitrogens with one attached hydrogen (secondary N) is 2. The van der Waals surface area contributed by atoms with E-state index in [4.69, 9.17) is 0 Å². The molecule has 3 rings (SSSR count). The van der Waals surface area contributed by atoms with Gasteiger partial charge < -0.3 is 9.88 Å². The van der Waals surface area contributed by atoms with Gasteiger partial charge in [0.2, 0.25) is 5.56 Å². The highest BCUT2D eigenvalue weighted by Crippen LogP contribution is 2.33. The number of hydrogen-bond acceptors (Lipinski definition) is 3. The molecule has 2 aromatic rings. The number of aromatic amines is 2. The average molecular weight is 272 g/mol. The maximum absolute atomic E-state index is 12.5. The molecule has 3 heterocycles. The maximum atomic E-state index is 12.5. The summed E-state index contributed by atoms with van der Waals surface area (Å²) in [6.45, 7) is 2.67. The summed E-state index contributed by atoms with van der Waals surface area (Å²) < 4.78 is 0. The van der Waals surface area contributed by atoms with Crippen molar-refractivity contribution in [2.45, 2.75) is 25.8 Å². The van der Waals surface area contributed by atoms with Crippen molar-refractivity contribution in [1.82, 2.24) is 20.1 Å². The van der Waals surface area contributed by atoms with Crippen molar-refractivity contribution in [3.05, 3.63) is 51.7 Å². The first-order valence-corrected chi connectivity index (χ1v) is 6.67. The molecule has 1 saturated heterocycles. The van der Waals surface area contributed by atoms with Gasteiger partial charge in [-0.2, -0.15) is 5.10 Å². The number of hydrogen-bond donors (Lipinski definition) is 2. The van der Waals surface area contributed by atoms with Crippen molar-refractivity contribution in [2.75, 3.05) is 6.54 Å². The Kier molecular flexibility index (Phi) is 3.14. The Labute approximate surface area is 115 Å². The average Bonchev–Trinajstić information content (AvgIpc) is 3.06. The fourth-order valence-corrected chi connectivity index (χ4v) is 2.73. The maximum Gasteiger partial charge on any atom is 0.270 e. The molecular weight excluding hydrogens is 256 g/mol. The zero-order valence-corrected chi connectivity index (χ0v) is 11.2. The normalized spacial score (nSPS) is 18.4. The summed E-state index contributed by atoms with van der Waals surface area (Å²) in [5.74, 6) is -0.140. The van der Waals surface area contributed by atoms with Crippen LogP contribution in [0.4, 0.5) is 0 Å². The van der Waals surface area contributed by atoms with Crippen LogP contribution in [-0.4, -0.2) is 32.5 Å². The smallest absolute Gasteiger partial charge is 0.270 e. The van der Waals surface area contributed by atoms with E-state index in [9.17, 15) is 9.59 Å². The van der Waals surface area contributed by atoms with E-state index in [1.54, 1.807) is 23.2 Å². The molecule has 0 saturated carbocycles. The van der Waals surface area contributed by atoms with Gasteiger partial charge in [-0.25, -0.2) is 0 Å². The second-order valence-electron chi connectivity index (χ2n) is 5.05. The highest BCUT2D eigenvalue weighted by Gasteiger charge is 2.32. The Balaban J connectivity index is 1.91. The number of amides is 1. The second kappa shape index (κ2) is 4.96. The highest BCUT2D eigenvalue weighted by molar-refractivity contribution is 5.92. The number of aryl methyl sites for hydroxylation is 1. The molecule has 1 fully saturated rings. The lowest BCUT2D eigenvalue weighted by Crippen LogP contribution is -2.32. The van der Waals surface area contributed by atoms with Gasteiger partial charge in [-0.15, -0.1) is 0 Å². The predicted molar refractivity (Wildman–Crippen MR) is 73.4 cm³/mol. The molecule has 0 aliphatic carbocycles. The zero-order chi connectivity index (χ0) is 14.1. The van der Waals surface area contributed by atoms with Crippen molar-refractivity contribution >= 4 is 5.91 Å². The summed E-state index contributed by atoms with van der Waals surface area (Å²) in [6, 6.07) is 4.64. The van der Waals surface area contributed by atoms with Crippen LogP contribution in [0.2, 0.25) is 0 Å². The Hall–Kier alpha value is -2.37. The Morgan fingerprint density at radius 3 is 3.00 bits per heavy atom. The molecular formula is C14H16N4O2. The van der Waals surface area contributed by atoms with Gasteiger partial charge in [-0.05, 0) is 31.4 Å². The van der Waals surface area contributed by atoms with E-state index in [0.29, 0.717) is 12.2 Å². The van der Waals surface area contributed by atoms with Gasteiger partial charge in [-0.1, -0.05) is 6.07 Å². The molecule has 1 atom stereocenters. The van der Waals surface area contributed by atoms with E-state index in [0.717, 1.165) is 24.1 Å². The largest absolute Gasteiger partial charge is 0.329 e. The Morgan fingerprint density at radius 2 is 2.30 bits per heavy atom. The molecule has 2 N–H and O–H groups in total. The lowest BCUT2D eigenvalue weighted by molar-refractivity contribution is 0.0726. The van der Waals surface area contributed by atoms with Crippen LogP contribution in [0.15, 0.2) is 29.2 Å². The van der Waals surface area contributed by atoms with Crippen molar-refractivity contribution < 1.29 is 4.79 Å². The molecule has 0 radical (unpaired) electrons. The van der Waals surface area contributed by atoms with Gasteiger partial charge >= 0.3 is 0 Å². The van der Waals surface area contributed by atoms with Crippen LogP contribution < -0.4 is 5.56 Å². The second-order valence-corrected chi connectivity index (χ2v) is 5.05. The fraction of sp³-hybridized carbons (Fsp3) is 0.357. The van der Waals surface area contributed by atoms with Gasteiger partial charge in [0.15, 0.2) is 0 Å². The molecule has 6 nitrogen and oxygen atoms in total. The Bertz CT molecular complexity index is 688. The van der Waals surface area contributed by atoms with Crippen LogP contribution in [0.1, 0.15) is 40.6 Å². The lowest BCUT2D eigenvalue weighted by atomic mass is 10.1. The standard InChI is InChI=1S/C14H16N4O2/c1-9-8-15-17-13(9)11-5-3-7-18(11)14(20)10-4-2-6-12(19)16-10/h2,4,6,8,11H,3,5,7H2,1H3,(H,15,17)(H,16,19). The number of carbonyl (C=O) groups is 1. The third-order valence-corrected chi connectivity index (χ3v) is 3.71. The van der Waals surface area contributed by atoms with Crippen molar-refractivity contribution in [3.63, 3.8) is 0 Å². The van der Waals surface area contributed by atoms with E-state index >= 15 is 0 Å². The predicted octanol–water partition coefficient (Wildman–Crippen LogP) is 1.38. The fourth-order valence-electron chi connectivity index (χ4n) is 2.73. The molecule has 2 aromatic heterocycles. The third-order valence-electron chi connectivity index (χ3n) is 3.71. The van der Waals surface area contributed by atoms with Crippen LogP contribution >= 0.6 is 0 Å². The molecule has 104 valence electrons. The monoisotopic (exact) mass is 272 g/mol. The van der Waals surface area contributed by atoms with Gasteiger partial charge in [0.05, 0.1) is 17.9 Å². The first kappa shape index (κ1) is 12.7. The van der Waals surface area contributed by atoms with Crippen LogP contribution in [0, 0.1) is 6.92 Å². The van der Waals surface area contributed by atoms with Gasteiger partial charge in [0.25, 0.3) is 5.91 Å². The van der Waals surface area contributed by atoms with Gasteiger partial charge in [-0.3, -0.25) is 14.7 Å². The summed E-state index contributed by atoms with van der Waals surface area (Å²) >= 11 is 0. The SMILES string of the molecule is Cc1cn[nH]c1C1CCCN1C(=O)c1cccc(=O)[nH]1. The molecule has 0 bridgehead atoms. The van der Waals surface area contributed by atoms with E-state index in [2.05, 4.69) is 15.2 Å².